The number of benzene rings is 2. The summed E-state index contributed by atoms with van der Waals surface area (Å²) >= 11 is 1.59. The molecule has 1 aromatic heterocycles. The number of nitrogens with zero attached hydrogens (tertiary/aromatic N) is 3. The maximum absolute atomic E-state index is 12.8. The van der Waals surface area contributed by atoms with E-state index >= 15 is 0 Å². The van der Waals surface area contributed by atoms with Crippen molar-refractivity contribution >= 4 is 34.3 Å². The highest BCUT2D eigenvalue weighted by Gasteiger charge is 2.46. The number of rotatable bonds is 9. The summed E-state index contributed by atoms with van der Waals surface area (Å²) in [6.07, 6.45) is 1.93. The van der Waals surface area contributed by atoms with Crippen molar-refractivity contribution in [3.8, 4) is 17.0 Å². The van der Waals surface area contributed by atoms with Crippen LogP contribution >= 0.6 is 11.3 Å². The van der Waals surface area contributed by atoms with Gasteiger partial charge in [0.25, 0.3) is 5.91 Å². The van der Waals surface area contributed by atoms with Crippen molar-refractivity contribution in [1.29, 1.82) is 0 Å². The molecule has 2 aromatic carbocycles. The molecule has 3 atom stereocenters. The maximum Gasteiger partial charge on any atom is 0.307 e. The van der Waals surface area contributed by atoms with Crippen LogP contribution in [0.5, 0.6) is 5.75 Å². The Morgan fingerprint density at radius 1 is 1.12 bits per heavy atom. The van der Waals surface area contributed by atoms with Gasteiger partial charge in [0.05, 0.1) is 18.2 Å². The molecule has 1 aliphatic heterocycles. The molecule has 0 radical (unpaired) electrons. The number of aliphatic carboxylic acids is 1. The van der Waals surface area contributed by atoms with Gasteiger partial charge < -0.3 is 25.0 Å². The summed E-state index contributed by atoms with van der Waals surface area (Å²) in [5.74, 6) is -0.259. The first-order valence-electron chi connectivity index (χ1n) is 13.9. The molecule has 9 nitrogen and oxygen atoms in total. The number of amides is 2. The van der Waals surface area contributed by atoms with Crippen LogP contribution in [0.25, 0.3) is 11.3 Å². The lowest BCUT2D eigenvalue weighted by Crippen LogP contribution is -2.44. The number of carbonyl (C=O) groups is 3. The van der Waals surface area contributed by atoms with Crippen LogP contribution in [-0.2, 0) is 16.2 Å². The van der Waals surface area contributed by atoms with E-state index in [9.17, 15) is 19.5 Å². The number of thiazole rings is 1. The predicted molar refractivity (Wildman–Crippen MR) is 158 cm³/mol. The number of carboxylic acid groups (broad SMARTS) is 1. The largest absolute Gasteiger partial charge is 0.488 e. The number of ether oxygens (including phenoxy) is 1. The number of aryl methyl sites for hydroxylation is 2. The van der Waals surface area contributed by atoms with Gasteiger partial charge in [-0.2, -0.15) is 0 Å². The number of piperidine rings is 1. The van der Waals surface area contributed by atoms with Gasteiger partial charge in [0, 0.05) is 43.7 Å². The predicted octanol–water partition coefficient (Wildman–Crippen LogP) is 4.37. The van der Waals surface area contributed by atoms with Gasteiger partial charge in [-0.05, 0) is 73.9 Å². The molecule has 216 valence electrons. The minimum absolute atomic E-state index is 0.00441. The van der Waals surface area contributed by atoms with E-state index in [4.69, 9.17) is 9.72 Å². The Hall–Kier alpha value is -3.92. The average molecular weight is 577 g/mol. The zero-order valence-electron chi connectivity index (χ0n) is 23.8. The number of hydrogen-bond acceptors (Lipinski definition) is 7. The number of nitrogens with one attached hydrogen (secondary N) is 1. The van der Waals surface area contributed by atoms with Crippen molar-refractivity contribution < 1.29 is 24.2 Å². The fraction of sp³-hybridized carbons (Fsp3) is 0.419. The number of hydrogen-bond donors (Lipinski definition) is 2. The van der Waals surface area contributed by atoms with E-state index in [1.807, 2.05) is 43.5 Å². The van der Waals surface area contributed by atoms with Crippen molar-refractivity contribution in [1.82, 2.24) is 15.2 Å². The van der Waals surface area contributed by atoms with Gasteiger partial charge in [0.2, 0.25) is 5.91 Å². The highest BCUT2D eigenvalue weighted by molar-refractivity contribution is 7.14. The summed E-state index contributed by atoms with van der Waals surface area (Å²) < 4.78 is 6.31. The SMILES string of the molecule is CNC(=O)CN(C)C(=O)c1ccc(COc2ccc(C)cc2-c2csc(N3C[C@H]4CC[C@@H](C3)[C@H]4C(=O)O)n2)c(C)c1. The number of aromatic nitrogens is 1. The molecule has 0 spiro atoms. The van der Waals surface area contributed by atoms with E-state index in [0.29, 0.717) is 12.2 Å². The summed E-state index contributed by atoms with van der Waals surface area (Å²) in [5.41, 5.74) is 5.25. The van der Waals surface area contributed by atoms with Crippen molar-refractivity contribution in [3.63, 3.8) is 0 Å². The first kappa shape index (κ1) is 28.6. The van der Waals surface area contributed by atoms with Gasteiger partial charge >= 0.3 is 5.97 Å². The van der Waals surface area contributed by atoms with Gasteiger partial charge in [0.15, 0.2) is 5.13 Å². The van der Waals surface area contributed by atoms with Crippen LogP contribution in [0.3, 0.4) is 0 Å². The summed E-state index contributed by atoms with van der Waals surface area (Å²) in [5, 5.41) is 15.2. The van der Waals surface area contributed by atoms with E-state index in [2.05, 4.69) is 16.3 Å². The van der Waals surface area contributed by atoms with Crippen LogP contribution in [0.15, 0.2) is 41.8 Å². The van der Waals surface area contributed by atoms with E-state index in [1.165, 1.54) is 4.90 Å². The Balaban J connectivity index is 1.29. The standard InChI is InChI=1S/C31H36N4O5S/c1-18-5-10-26(40-16-23-9-6-20(12-19(23)2)29(37)34(4)15-27(36)32-3)24(11-18)25-17-41-31(33-25)35-13-21-7-8-22(14-35)28(21)30(38)39/h5-6,9-12,17,21-22,28H,7-8,13-16H2,1-4H3,(H,32,36)(H,38,39)/t21-,22+,28+. The van der Waals surface area contributed by atoms with Crippen LogP contribution in [-0.4, -0.2) is 66.5 Å². The lowest BCUT2D eigenvalue weighted by Gasteiger charge is -2.35. The van der Waals surface area contributed by atoms with Crippen molar-refractivity contribution in [3.05, 3.63) is 64.0 Å². The monoisotopic (exact) mass is 576 g/mol. The highest BCUT2D eigenvalue weighted by atomic mass is 32.1. The molecule has 41 heavy (non-hydrogen) atoms. The summed E-state index contributed by atoms with van der Waals surface area (Å²) in [6, 6.07) is 11.5. The topological polar surface area (TPSA) is 112 Å². The fourth-order valence-electron chi connectivity index (χ4n) is 6.02. The van der Waals surface area contributed by atoms with Gasteiger partial charge in [-0.3, -0.25) is 14.4 Å². The molecular weight excluding hydrogens is 540 g/mol. The number of carboxylic acids is 1. The first-order valence-corrected chi connectivity index (χ1v) is 14.7. The van der Waals surface area contributed by atoms with Crippen molar-refractivity contribution in [2.45, 2.75) is 33.3 Å². The molecule has 2 amide bonds. The van der Waals surface area contributed by atoms with E-state index in [1.54, 1.807) is 31.5 Å². The van der Waals surface area contributed by atoms with Gasteiger partial charge in [-0.15, -0.1) is 11.3 Å². The molecule has 2 N–H and O–H groups in total. The van der Waals surface area contributed by atoms with Crippen LogP contribution < -0.4 is 15.0 Å². The molecule has 2 heterocycles. The molecule has 2 aliphatic rings. The Kier molecular flexibility index (Phi) is 8.30. The Morgan fingerprint density at radius 2 is 1.85 bits per heavy atom. The third kappa shape index (κ3) is 6.07. The molecule has 5 rings (SSSR count). The molecule has 2 bridgehead atoms. The molecular formula is C31H36N4O5S. The minimum Gasteiger partial charge on any atom is -0.488 e. The van der Waals surface area contributed by atoms with Crippen LogP contribution in [0.1, 0.15) is 39.9 Å². The number of likely N-dealkylation sites (N-methyl/N-ethyl adjacent to an activating group) is 2. The zero-order valence-corrected chi connectivity index (χ0v) is 24.7. The summed E-state index contributed by atoms with van der Waals surface area (Å²) in [7, 11) is 3.15. The van der Waals surface area contributed by atoms with E-state index < -0.39 is 5.97 Å². The highest BCUT2D eigenvalue weighted by Crippen LogP contribution is 2.44. The number of fused-ring (bicyclic) bond motifs is 2. The Morgan fingerprint density at radius 3 is 2.51 bits per heavy atom. The molecule has 2 fully saturated rings. The summed E-state index contributed by atoms with van der Waals surface area (Å²) in [4.78, 5) is 44.8. The minimum atomic E-state index is -0.664. The second-order valence-electron chi connectivity index (χ2n) is 11.1. The quantitative estimate of drug-likeness (QED) is 0.389. The van der Waals surface area contributed by atoms with Gasteiger partial charge in [-0.25, -0.2) is 4.98 Å². The third-order valence-corrected chi connectivity index (χ3v) is 9.17. The Bertz CT molecular complexity index is 1460. The average Bonchev–Trinajstić information content (AvgIpc) is 3.55. The number of anilines is 1. The zero-order chi connectivity index (χ0) is 29.3. The maximum atomic E-state index is 12.8. The molecule has 1 saturated heterocycles. The van der Waals surface area contributed by atoms with Crippen molar-refractivity contribution in [2.75, 3.05) is 38.6 Å². The lowest BCUT2D eigenvalue weighted by atomic mass is 9.85. The molecule has 10 heteroatoms. The summed E-state index contributed by atoms with van der Waals surface area (Å²) in [6.45, 7) is 5.77. The van der Waals surface area contributed by atoms with E-state index in [0.717, 1.165) is 64.8 Å². The number of carbonyl (C=O) groups excluding carboxylic acids is 2. The van der Waals surface area contributed by atoms with Crippen molar-refractivity contribution in [2.24, 2.45) is 17.8 Å². The fourth-order valence-corrected chi connectivity index (χ4v) is 6.86. The second-order valence-corrected chi connectivity index (χ2v) is 12.0. The van der Waals surface area contributed by atoms with E-state index in [-0.39, 0.29) is 36.1 Å². The van der Waals surface area contributed by atoms with Gasteiger partial charge in [0.1, 0.15) is 12.4 Å². The van der Waals surface area contributed by atoms with Crippen LogP contribution in [0.2, 0.25) is 0 Å². The van der Waals surface area contributed by atoms with Crippen LogP contribution in [0.4, 0.5) is 5.13 Å². The molecule has 1 aliphatic carbocycles. The third-order valence-electron chi connectivity index (χ3n) is 8.27. The van der Waals surface area contributed by atoms with Gasteiger partial charge in [-0.1, -0.05) is 17.7 Å². The normalized spacial score (nSPS) is 19.6. The second kappa shape index (κ2) is 11.9. The molecule has 1 saturated carbocycles. The Labute approximate surface area is 244 Å². The molecule has 0 unspecified atom stereocenters. The molecule has 3 aromatic rings. The smallest absolute Gasteiger partial charge is 0.307 e. The lowest BCUT2D eigenvalue weighted by molar-refractivity contribution is -0.144. The van der Waals surface area contributed by atoms with Crippen LogP contribution in [0, 0.1) is 31.6 Å². The first-order chi connectivity index (χ1) is 19.6.